The minimum atomic E-state index is -4.49. The average molecular weight is 334 g/mol. The second-order valence-corrected chi connectivity index (χ2v) is 5.24. The van der Waals surface area contributed by atoms with Gasteiger partial charge in [-0.3, -0.25) is 0 Å². The third-order valence-corrected chi connectivity index (χ3v) is 3.75. The number of halogens is 3. The third kappa shape index (κ3) is 3.22. The summed E-state index contributed by atoms with van der Waals surface area (Å²) in [4.78, 5) is 8.08. The number of anilines is 2. The molecule has 0 aromatic carbocycles. The molecule has 3 rings (SSSR count). The van der Waals surface area contributed by atoms with E-state index in [9.17, 15) is 13.2 Å². The van der Waals surface area contributed by atoms with Gasteiger partial charge < -0.3 is 9.80 Å². The van der Waals surface area contributed by atoms with E-state index in [1.54, 1.807) is 18.3 Å². The van der Waals surface area contributed by atoms with Crippen molar-refractivity contribution >= 4 is 11.6 Å². The van der Waals surface area contributed by atoms with Crippen molar-refractivity contribution in [1.29, 1.82) is 5.26 Å². The lowest BCUT2D eigenvalue weighted by Crippen LogP contribution is -2.47. The molecule has 2 aromatic rings. The summed E-state index contributed by atoms with van der Waals surface area (Å²) in [7, 11) is 0. The highest BCUT2D eigenvalue weighted by molar-refractivity contribution is 5.54. The van der Waals surface area contributed by atoms with Gasteiger partial charge in [-0.15, -0.1) is 10.2 Å². The molecule has 0 aliphatic carbocycles. The molecule has 0 saturated carbocycles. The van der Waals surface area contributed by atoms with Gasteiger partial charge in [-0.05, 0) is 24.3 Å². The first kappa shape index (κ1) is 16.0. The summed E-state index contributed by atoms with van der Waals surface area (Å²) in [5, 5.41) is 16.0. The Morgan fingerprint density at radius 1 is 1.00 bits per heavy atom. The average Bonchev–Trinajstić information content (AvgIpc) is 2.61. The Balaban J connectivity index is 1.68. The highest BCUT2D eigenvalue weighted by Crippen LogP contribution is 2.28. The number of aromatic nitrogens is 3. The second-order valence-electron chi connectivity index (χ2n) is 5.24. The molecule has 0 amide bonds. The van der Waals surface area contributed by atoms with E-state index in [1.807, 2.05) is 9.80 Å². The summed E-state index contributed by atoms with van der Waals surface area (Å²) >= 11 is 0. The number of pyridine rings is 1. The maximum atomic E-state index is 12.5. The standard InChI is InChI=1S/C15H13F3N6/c16-15(17,18)12-3-4-13(22-21-12)23-6-8-24(9-7-23)14-11(10-19)2-1-5-20-14/h1-5H,6-9H2. The van der Waals surface area contributed by atoms with Crippen molar-refractivity contribution in [1.82, 2.24) is 15.2 Å². The molecule has 9 heteroatoms. The Bertz CT molecular complexity index is 745. The molecule has 24 heavy (non-hydrogen) atoms. The van der Waals surface area contributed by atoms with E-state index >= 15 is 0 Å². The topological polar surface area (TPSA) is 68.9 Å². The van der Waals surface area contributed by atoms with E-state index in [0.717, 1.165) is 6.07 Å². The maximum absolute atomic E-state index is 12.5. The van der Waals surface area contributed by atoms with Crippen LogP contribution in [0.3, 0.4) is 0 Å². The van der Waals surface area contributed by atoms with E-state index in [2.05, 4.69) is 21.3 Å². The first-order valence-electron chi connectivity index (χ1n) is 7.25. The molecule has 1 aliphatic rings. The van der Waals surface area contributed by atoms with Gasteiger partial charge in [0.2, 0.25) is 0 Å². The number of alkyl halides is 3. The summed E-state index contributed by atoms with van der Waals surface area (Å²) in [6.45, 7) is 2.30. The van der Waals surface area contributed by atoms with Crippen LogP contribution < -0.4 is 9.80 Å². The van der Waals surface area contributed by atoms with Crippen molar-refractivity contribution in [3.05, 3.63) is 41.7 Å². The molecular weight excluding hydrogens is 321 g/mol. The summed E-state index contributed by atoms with van der Waals surface area (Å²) in [6, 6.07) is 7.78. The number of nitrogens with zero attached hydrogens (tertiary/aromatic N) is 6. The molecule has 0 N–H and O–H groups in total. The largest absolute Gasteiger partial charge is 0.435 e. The Kier molecular flexibility index (Phi) is 4.20. The van der Waals surface area contributed by atoms with E-state index in [4.69, 9.17) is 5.26 Å². The van der Waals surface area contributed by atoms with E-state index in [0.29, 0.717) is 43.4 Å². The molecule has 6 nitrogen and oxygen atoms in total. The van der Waals surface area contributed by atoms with Gasteiger partial charge in [-0.25, -0.2) is 4.98 Å². The van der Waals surface area contributed by atoms with Crippen molar-refractivity contribution in [2.75, 3.05) is 36.0 Å². The third-order valence-electron chi connectivity index (χ3n) is 3.75. The van der Waals surface area contributed by atoms with Crippen LogP contribution in [0.4, 0.5) is 24.8 Å². The van der Waals surface area contributed by atoms with Crippen molar-refractivity contribution in [2.45, 2.75) is 6.18 Å². The highest BCUT2D eigenvalue weighted by atomic mass is 19.4. The molecule has 1 saturated heterocycles. The Morgan fingerprint density at radius 2 is 1.71 bits per heavy atom. The van der Waals surface area contributed by atoms with Gasteiger partial charge in [0.15, 0.2) is 11.5 Å². The van der Waals surface area contributed by atoms with Crippen LogP contribution in [0, 0.1) is 11.3 Å². The van der Waals surface area contributed by atoms with Gasteiger partial charge in [0.25, 0.3) is 0 Å². The van der Waals surface area contributed by atoms with Crippen LogP contribution in [-0.4, -0.2) is 41.4 Å². The highest BCUT2D eigenvalue weighted by Gasteiger charge is 2.33. The first-order valence-corrected chi connectivity index (χ1v) is 7.25. The first-order chi connectivity index (χ1) is 11.5. The predicted octanol–water partition coefficient (Wildman–Crippen LogP) is 2.09. The minimum absolute atomic E-state index is 0.407. The molecule has 3 heterocycles. The molecule has 2 aromatic heterocycles. The predicted molar refractivity (Wildman–Crippen MR) is 80.4 cm³/mol. The van der Waals surface area contributed by atoms with E-state index in [1.165, 1.54) is 6.07 Å². The minimum Gasteiger partial charge on any atom is -0.352 e. The van der Waals surface area contributed by atoms with Crippen molar-refractivity contribution in [3.8, 4) is 6.07 Å². The fourth-order valence-electron chi connectivity index (χ4n) is 2.53. The molecule has 0 bridgehead atoms. The smallest absolute Gasteiger partial charge is 0.352 e. The second kappa shape index (κ2) is 6.31. The zero-order valence-electron chi connectivity index (χ0n) is 12.5. The quantitative estimate of drug-likeness (QED) is 0.838. The SMILES string of the molecule is N#Cc1cccnc1N1CCN(c2ccc(C(F)(F)F)nn2)CC1. The monoisotopic (exact) mass is 334 g/mol. The normalized spacial score (nSPS) is 15.2. The van der Waals surface area contributed by atoms with Crippen LogP contribution in [0.25, 0.3) is 0 Å². The van der Waals surface area contributed by atoms with Crippen LogP contribution >= 0.6 is 0 Å². The number of hydrogen-bond acceptors (Lipinski definition) is 6. The van der Waals surface area contributed by atoms with Gasteiger partial charge in [-0.2, -0.15) is 18.4 Å². The summed E-state index contributed by atoms with van der Waals surface area (Å²) < 4.78 is 37.5. The van der Waals surface area contributed by atoms with Crippen LogP contribution in [0.2, 0.25) is 0 Å². The van der Waals surface area contributed by atoms with Crippen LogP contribution in [0.5, 0.6) is 0 Å². The van der Waals surface area contributed by atoms with Crippen LogP contribution in [0.1, 0.15) is 11.3 Å². The maximum Gasteiger partial charge on any atom is 0.435 e. The zero-order chi connectivity index (χ0) is 17.2. The molecule has 0 radical (unpaired) electrons. The summed E-state index contributed by atoms with van der Waals surface area (Å²) in [5.74, 6) is 1.03. The molecule has 0 spiro atoms. The number of nitriles is 1. The molecule has 124 valence electrons. The summed E-state index contributed by atoms with van der Waals surface area (Å²) in [6.07, 6.45) is -2.86. The molecule has 1 aliphatic heterocycles. The van der Waals surface area contributed by atoms with Crippen LogP contribution in [0.15, 0.2) is 30.5 Å². The summed E-state index contributed by atoms with van der Waals surface area (Å²) in [5.41, 5.74) is -0.502. The van der Waals surface area contributed by atoms with Crippen molar-refractivity contribution in [2.24, 2.45) is 0 Å². The number of rotatable bonds is 2. The van der Waals surface area contributed by atoms with Gasteiger partial charge in [0, 0.05) is 32.4 Å². The number of piperazine rings is 1. The number of hydrogen-bond donors (Lipinski definition) is 0. The van der Waals surface area contributed by atoms with E-state index in [-0.39, 0.29) is 0 Å². The Hall–Kier alpha value is -2.89. The molecule has 1 fully saturated rings. The van der Waals surface area contributed by atoms with Crippen LogP contribution in [-0.2, 0) is 6.18 Å². The van der Waals surface area contributed by atoms with E-state index < -0.39 is 11.9 Å². The lowest BCUT2D eigenvalue weighted by molar-refractivity contribution is -0.141. The van der Waals surface area contributed by atoms with Crippen molar-refractivity contribution < 1.29 is 13.2 Å². The molecule has 0 unspecified atom stereocenters. The van der Waals surface area contributed by atoms with Gasteiger partial charge in [0.05, 0.1) is 5.56 Å². The van der Waals surface area contributed by atoms with Gasteiger partial charge in [0.1, 0.15) is 11.9 Å². The fraction of sp³-hybridized carbons (Fsp3) is 0.333. The molecular formula is C15H13F3N6. The van der Waals surface area contributed by atoms with Gasteiger partial charge in [-0.1, -0.05) is 0 Å². The molecule has 0 atom stereocenters. The lowest BCUT2D eigenvalue weighted by atomic mass is 10.2. The Morgan fingerprint density at radius 3 is 2.29 bits per heavy atom. The van der Waals surface area contributed by atoms with Gasteiger partial charge >= 0.3 is 6.18 Å². The lowest BCUT2D eigenvalue weighted by Gasteiger charge is -2.36. The fourth-order valence-corrected chi connectivity index (χ4v) is 2.53. The Labute approximate surface area is 136 Å². The zero-order valence-corrected chi connectivity index (χ0v) is 12.5. The van der Waals surface area contributed by atoms with Crippen molar-refractivity contribution in [3.63, 3.8) is 0 Å².